The maximum Gasteiger partial charge on any atom is 0.258 e. The van der Waals surface area contributed by atoms with Gasteiger partial charge in [-0.25, -0.2) is 0 Å². The molecule has 2 aromatic heterocycles. The van der Waals surface area contributed by atoms with E-state index in [1.807, 2.05) is 12.1 Å². The number of hydrogen-bond acceptors (Lipinski definition) is 5. The van der Waals surface area contributed by atoms with Crippen molar-refractivity contribution in [2.75, 3.05) is 5.32 Å². The van der Waals surface area contributed by atoms with Gasteiger partial charge in [0, 0.05) is 11.8 Å². The second kappa shape index (κ2) is 7.03. The van der Waals surface area contributed by atoms with Gasteiger partial charge < -0.3 is 10.3 Å². The van der Waals surface area contributed by atoms with Gasteiger partial charge in [0.15, 0.2) is 0 Å². The number of primary amides is 1. The van der Waals surface area contributed by atoms with E-state index in [0.717, 1.165) is 5.56 Å². The summed E-state index contributed by atoms with van der Waals surface area (Å²) in [6.07, 6.45) is 1.56. The van der Waals surface area contributed by atoms with Crippen LogP contribution in [0.25, 0.3) is 11.4 Å². The third kappa shape index (κ3) is 3.87. The lowest BCUT2D eigenvalue weighted by Gasteiger charge is -2.18. The zero-order chi connectivity index (χ0) is 19.6. The molecule has 2 amide bonds. The van der Waals surface area contributed by atoms with Crippen molar-refractivity contribution >= 4 is 17.7 Å². The van der Waals surface area contributed by atoms with Crippen LogP contribution in [0.1, 0.15) is 47.1 Å². The fourth-order valence-corrected chi connectivity index (χ4v) is 2.58. The third-order valence-electron chi connectivity index (χ3n) is 4.09. The van der Waals surface area contributed by atoms with E-state index in [4.69, 9.17) is 10.3 Å². The lowest BCUT2D eigenvalue weighted by molar-refractivity contribution is 0.100. The van der Waals surface area contributed by atoms with Gasteiger partial charge in [0.05, 0.1) is 5.69 Å². The van der Waals surface area contributed by atoms with Crippen LogP contribution >= 0.6 is 0 Å². The minimum atomic E-state index is -0.768. The molecule has 0 unspecified atom stereocenters. The Balaban J connectivity index is 1.88. The van der Waals surface area contributed by atoms with E-state index in [1.165, 1.54) is 0 Å². The minimum absolute atomic E-state index is 0.0172. The zero-order valence-corrected chi connectivity index (χ0v) is 15.3. The van der Waals surface area contributed by atoms with Gasteiger partial charge in [0.1, 0.15) is 11.3 Å². The molecule has 1 aromatic carbocycles. The molecule has 138 valence electrons. The Bertz CT molecular complexity index is 971. The van der Waals surface area contributed by atoms with Gasteiger partial charge in [-0.1, -0.05) is 44.1 Å². The molecule has 3 rings (SSSR count). The predicted octanol–water partition coefficient (Wildman–Crippen LogP) is 3.39. The first-order valence-electron chi connectivity index (χ1n) is 8.40. The van der Waals surface area contributed by atoms with E-state index in [0.29, 0.717) is 11.3 Å². The average molecular weight is 364 g/mol. The topological polar surface area (TPSA) is 111 Å². The van der Waals surface area contributed by atoms with Crippen LogP contribution in [0.15, 0.2) is 53.2 Å². The van der Waals surface area contributed by atoms with Gasteiger partial charge in [-0.2, -0.15) is 0 Å². The summed E-state index contributed by atoms with van der Waals surface area (Å²) in [5.41, 5.74) is 7.56. The summed E-state index contributed by atoms with van der Waals surface area (Å²) < 4.78 is 5.16. The SMILES string of the molecule is CC(C)(C)c1ccc(C(=O)Nc2onc(-c3ccccn3)c2C(N)=O)cc1. The Morgan fingerprint density at radius 3 is 2.33 bits per heavy atom. The Morgan fingerprint density at radius 2 is 1.78 bits per heavy atom. The van der Waals surface area contributed by atoms with Crippen LogP contribution in [0.2, 0.25) is 0 Å². The van der Waals surface area contributed by atoms with Crippen LogP contribution in [0.5, 0.6) is 0 Å². The lowest BCUT2D eigenvalue weighted by atomic mass is 9.87. The predicted molar refractivity (Wildman–Crippen MR) is 101 cm³/mol. The highest BCUT2D eigenvalue weighted by Gasteiger charge is 2.25. The normalized spacial score (nSPS) is 11.2. The molecule has 0 atom stereocenters. The van der Waals surface area contributed by atoms with Crippen molar-refractivity contribution in [2.24, 2.45) is 5.73 Å². The van der Waals surface area contributed by atoms with E-state index in [2.05, 4.69) is 36.2 Å². The molecule has 0 bridgehead atoms. The van der Waals surface area contributed by atoms with Crippen LogP contribution in [0, 0.1) is 0 Å². The number of nitrogens with two attached hydrogens (primary N) is 1. The third-order valence-corrected chi connectivity index (χ3v) is 4.09. The van der Waals surface area contributed by atoms with Crippen LogP contribution in [-0.4, -0.2) is 22.0 Å². The van der Waals surface area contributed by atoms with Gasteiger partial charge in [-0.15, -0.1) is 0 Å². The fraction of sp³-hybridized carbons (Fsp3) is 0.200. The van der Waals surface area contributed by atoms with Crippen LogP contribution in [0.3, 0.4) is 0 Å². The van der Waals surface area contributed by atoms with Gasteiger partial charge in [0.25, 0.3) is 11.8 Å². The number of amides is 2. The fourth-order valence-electron chi connectivity index (χ4n) is 2.58. The maximum atomic E-state index is 12.5. The zero-order valence-electron chi connectivity index (χ0n) is 15.3. The molecule has 3 aromatic rings. The molecule has 0 aliphatic heterocycles. The number of rotatable bonds is 4. The molecule has 27 heavy (non-hydrogen) atoms. The number of benzene rings is 1. The molecule has 0 saturated carbocycles. The average Bonchev–Trinajstić information content (AvgIpc) is 3.05. The van der Waals surface area contributed by atoms with E-state index < -0.39 is 11.8 Å². The van der Waals surface area contributed by atoms with Crippen LogP contribution in [-0.2, 0) is 5.41 Å². The number of aromatic nitrogens is 2. The van der Waals surface area contributed by atoms with Crippen molar-refractivity contribution in [1.82, 2.24) is 10.1 Å². The number of nitrogens with zero attached hydrogens (tertiary/aromatic N) is 2. The second-order valence-corrected chi connectivity index (χ2v) is 7.10. The Morgan fingerprint density at radius 1 is 1.07 bits per heavy atom. The summed E-state index contributed by atoms with van der Waals surface area (Å²) in [7, 11) is 0. The molecule has 7 heteroatoms. The highest BCUT2D eigenvalue weighted by molar-refractivity contribution is 6.09. The summed E-state index contributed by atoms with van der Waals surface area (Å²) >= 11 is 0. The number of anilines is 1. The van der Waals surface area contributed by atoms with E-state index >= 15 is 0 Å². The number of carbonyl (C=O) groups excluding carboxylic acids is 2. The van der Waals surface area contributed by atoms with Crippen molar-refractivity contribution < 1.29 is 14.1 Å². The second-order valence-electron chi connectivity index (χ2n) is 7.10. The first kappa shape index (κ1) is 18.3. The van der Waals surface area contributed by atoms with Crippen molar-refractivity contribution in [3.63, 3.8) is 0 Å². The molecule has 3 N–H and O–H groups in total. The molecular weight excluding hydrogens is 344 g/mol. The molecule has 2 heterocycles. The molecule has 0 spiro atoms. The molecule has 0 aliphatic carbocycles. The largest absolute Gasteiger partial charge is 0.365 e. The van der Waals surface area contributed by atoms with Gasteiger partial charge in [-0.3, -0.25) is 19.9 Å². The van der Waals surface area contributed by atoms with Crippen LogP contribution in [0.4, 0.5) is 5.88 Å². The number of nitrogens with one attached hydrogen (secondary N) is 1. The molecule has 0 fully saturated rings. The molecular formula is C20H20N4O3. The summed E-state index contributed by atoms with van der Waals surface area (Å²) in [6, 6.07) is 12.4. The van der Waals surface area contributed by atoms with Crippen molar-refractivity contribution in [3.8, 4) is 11.4 Å². The minimum Gasteiger partial charge on any atom is -0.365 e. The number of hydrogen-bond donors (Lipinski definition) is 2. The summed E-state index contributed by atoms with van der Waals surface area (Å²) in [4.78, 5) is 28.6. The monoisotopic (exact) mass is 364 g/mol. The quantitative estimate of drug-likeness (QED) is 0.737. The molecule has 7 nitrogen and oxygen atoms in total. The van der Waals surface area contributed by atoms with Gasteiger partial charge in [-0.05, 0) is 35.2 Å². The Hall–Kier alpha value is -3.48. The number of carbonyl (C=O) groups is 2. The van der Waals surface area contributed by atoms with E-state index in [9.17, 15) is 9.59 Å². The highest BCUT2D eigenvalue weighted by Crippen LogP contribution is 2.28. The lowest BCUT2D eigenvalue weighted by Crippen LogP contribution is -2.18. The van der Waals surface area contributed by atoms with Crippen molar-refractivity contribution in [3.05, 3.63) is 65.4 Å². The highest BCUT2D eigenvalue weighted by atomic mass is 16.5. The Kier molecular flexibility index (Phi) is 4.77. The summed E-state index contributed by atoms with van der Waals surface area (Å²) in [5.74, 6) is -1.30. The maximum absolute atomic E-state index is 12.5. The standard InChI is InChI=1S/C20H20N4O3/c1-20(2,3)13-9-7-12(8-10-13)18(26)23-19-15(17(21)25)16(24-27-19)14-6-4-5-11-22-14/h4-11H,1-3H3,(H2,21,25)(H,23,26). The smallest absolute Gasteiger partial charge is 0.258 e. The van der Waals surface area contributed by atoms with Crippen molar-refractivity contribution in [1.29, 1.82) is 0 Å². The van der Waals surface area contributed by atoms with Gasteiger partial charge in [0.2, 0.25) is 5.88 Å². The molecule has 0 saturated heterocycles. The van der Waals surface area contributed by atoms with E-state index in [1.54, 1.807) is 36.5 Å². The first-order chi connectivity index (χ1) is 12.8. The summed E-state index contributed by atoms with van der Waals surface area (Å²) in [6.45, 7) is 6.28. The molecule has 0 radical (unpaired) electrons. The van der Waals surface area contributed by atoms with Crippen molar-refractivity contribution in [2.45, 2.75) is 26.2 Å². The Labute approximate surface area is 156 Å². The van der Waals surface area contributed by atoms with E-state index in [-0.39, 0.29) is 22.6 Å². The van der Waals surface area contributed by atoms with Crippen LogP contribution < -0.4 is 11.1 Å². The summed E-state index contributed by atoms with van der Waals surface area (Å²) in [5, 5.41) is 6.41. The first-order valence-corrected chi connectivity index (χ1v) is 8.40. The number of pyridine rings is 1. The molecule has 0 aliphatic rings. The van der Waals surface area contributed by atoms with Gasteiger partial charge >= 0.3 is 0 Å².